The lowest BCUT2D eigenvalue weighted by Gasteiger charge is -2.38. The van der Waals surface area contributed by atoms with Gasteiger partial charge in [0, 0.05) is 31.8 Å². The second-order valence-electron chi connectivity index (χ2n) is 4.38. The molecule has 1 spiro atoms. The summed E-state index contributed by atoms with van der Waals surface area (Å²) in [4.78, 5) is 24.2. The van der Waals surface area contributed by atoms with Crippen molar-refractivity contribution >= 4 is 11.7 Å². The van der Waals surface area contributed by atoms with Crippen LogP contribution in [0.15, 0.2) is 0 Å². The Balaban J connectivity index is 2.17. The van der Waals surface area contributed by atoms with Crippen molar-refractivity contribution in [2.24, 2.45) is 0 Å². The highest BCUT2D eigenvalue weighted by atomic mass is 16.3. The van der Waals surface area contributed by atoms with E-state index in [2.05, 4.69) is 0 Å². The number of carbonyl (C=O) groups is 2. The molecule has 0 aromatic heterocycles. The maximum absolute atomic E-state index is 11.5. The van der Waals surface area contributed by atoms with Gasteiger partial charge >= 0.3 is 0 Å². The minimum atomic E-state index is -0.854. The van der Waals surface area contributed by atoms with Gasteiger partial charge in [0.2, 0.25) is 0 Å². The summed E-state index contributed by atoms with van der Waals surface area (Å²) in [6.07, 6.45) is 2.16. The van der Waals surface area contributed by atoms with Gasteiger partial charge in [-0.3, -0.25) is 9.59 Å². The van der Waals surface area contributed by atoms with Gasteiger partial charge in [0.25, 0.3) is 5.91 Å². The van der Waals surface area contributed by atoms with Crippen LogP contribution in [-0.4, -0.2) is 40.4 Å². The molecule has 0 aromatic carbocycles. The Labute approximate surface area is 82.9 Å². The predicted octanol–water partition coefficient (Wildman–Crippen LogP) is 0.0913. The lowest BCUT2D eigenvalue weighted by Crippen LogP contribution is -2.45. The van der Waals surface area contributed by atoms with Crippen LogP contribution in [0.5, 0.6) is 0 Å². The zero-order chi connectivity index (χ0) is 10.3. The van der Waals surface area contributed by atoms with Gasteiger partial charge < -0.3 is 10.0 Å². The molecule has 1 amide bonds. The van der Waals surface area contributed by atoms with E-state index in [1.54, 1.807) is 11.9 Å². The zero-order valence-corrected chi connectivity index (χ0v) is 8.32. The summed E-state index contributed by atoms with van der Waals surface area (Å²) >= 11 is 0. The Kier molecular flexibility index (Phi) is 2.10. The van der Waals surface area contributed by atoms with Gasteiger partial charge in [-0.05, 0) is 12.8 Å². The largest absolute Gasteiger partial charge is 0.383 e. The van der Waals surface area contributed by atoms with Gasteiger partial charge in [-0.25, -0.2) is 0 Å². The highest BCUT2D eigenvalue weighted by molar-refractivity contribution is 5.85. The molecular formula is C10H15NO3. The SMILES string of the molecule is CN1C(=O)C(O)CC12CCC(=O)CC2. The molecule has 2 rings (SSSR count). The van der Waals surface area contributed by atoms with Crippen LogP contribution < -0.4 is 0 Å². The highest BCUT2D eigenvalue weighted by Gasteiger charge is 2.49. The summed E-state index contributed by atoms with van der Waals surface area (Å²) in [7, 11) is 1.73. The van der Waals surface area contributed by atoms with Crippen LogP contribution in [0.3, 0.4) is 0 Å². The van der Waals surface area contributed by atoms with E-state index in [0.29, 0.717) is 32.1 Å². The third kappa shape index (κ3) is 1.25. The summed E-state index contributed by atoms with van der Waals surface area (Å²) in [5, 5.41) is 9.48. The minimum absolute atomic E-state index is 0.195. The maximum Gasteiger partial charge on any atom is 0.251 e. The van der Waals surface area contributed by atoms with Crippen LogP contribution in [0.1, 0.15) is 32.1 Å². The number of hydrogen-bond acceptors (Lipinski definition) is 3. The summed E-state index contributed by atoms with van der Waals surface area (Å²) in [5.41, 5.74) is -0.232. The van der Waals surface area contributed by atoms with Crippen molar-refractivity contribution in [3.8, 4) is 0 Å². The first kappa shape index (κ1) is 9.65. The molecule has 1 aliphatic carbocycles. The molecule has 0 aromatic rings. The van der Waals surface area contributed by atoms with E-state index >= 15 is 0 Å². The number of Topliss-reactive ketones (excluding diaryl/α,β-unsaturated/α-hetero) is 1. The van der Waals surface area contributed by atoms with Gasteiger partial charge in [0.15, 0.2) is 0 Å². The van der Waals surface area contributed by atoms with Crippen molar-refractivity contribution in [3.63, 3.8) is 0 Å². The third-order valence-corrected chi connectivity index (χ3v) is 3.64. The number of carbonyl (C=O) groups excluding carboxylic acids is 2. The van der Waals surface area contributed by atoms with Gasteiger partial charge in [-0.2, -0.15) is 0 Å². The predicted molar refractivity (Wildman–Crippen MR) is 49.6 cm³/mol. The highest BCUT2D eigenvalue weighted by Crippen LogP contribution is 2.40. The fraction of sp³-hybridized carbons (Fsp3) is 0.800. The van der Waals surface area contributed by atoms with E-state index in [4.69, 9.17) is 0 Å². The van der Waals surface area contributed by atoms with Gasteiger partial charge in [-0.1, -0.05) is 0 Å². The number of ketones is 1. The number of aliphatic hydroxyl groups is 1. The first-order valence-corrected chi connectivity index (χ1v) is 5.03. The topological polar surface area (TPSA) is 57.6 Å². The standard InChI is InChI=1S/C10H15NO3/c1-11-9(14)8(13)6-10(11)4-2-7(12)3-5-10/h8,13H,2-6H2,1H3. The van der Waals surface area contributed by atoms with E-state index < -0.39 is 6.10 Å². The molecule has 2 fully saturated rings. The van der Waals surface area contributed by atoms with E-state index in [0.717, 1.165) is 0 Å². The molecule has 1 unspecified atom stereocenters. The molecule has 0 bridgehead atoms. The maximum atomic E-state index is 11.5. The molecule has 4 nitrogen and oxygen atoms in total. The summed E-state index contributed by atoms with van der Waals surface area (Å²) < 4.78 is 0. The average molecular weight is 197 g/mol. The lowest BCUT2D eigenvalue weighted by atomic mass is 9.79. The number of likely N-dealkylation sites (N-methyl/N-ethyl adjacent to an activating group) is 1. The van der Waals surface area contributed by atoms with Gasteiger partial charge in [0.05, 0.1) is 0 Å². The Morgan fingerprint density at radius 2 is 1.93 bits per heavy atom. The van der Waals surface area contributed by atoms with Crippen LogP contribution in [0.4, 0.5) is 0 Å². The lowest BCUT2D eigenvalue weighted by molar-refractivity contribution is -0.137. The number of hydrogen-bond donors (Lipinski definition) is 1. The molecule has 1 N–H and O–H groups in total. The van der Waals surface area contributed by atoms with Crippen LogP contribution in [0.25, 0.3) is 0 Å². The smallest absolute Gasteiger partial charge is 0.251 e. The van der Waals surface area contributed by atoms with Crippen LogP contribution in [0.2, 0.25) is 0 Å². The van der Waals surface area contributed by atoms with Crippen molar-refractivity contribution in [3.05, 3.63) is 0 Å². The molecule has 0 radical (unpaired) electrons. The average Bonchev–Trinajstić information content (AvgIpc) is 2.37. The van der Waals surface area contributed by atoms with Crippen LogP contribution in [0, 0.1) is 0 Å². The summed E-state index contributed by atoms with van der Waals surface area (Å²) in [6.45, 7) is 0. The van der Waals surface area contributed by atoms with E-state index in [1.807, 2.05) is 0 Å². The first-order chi connectivity index (χ1) is 6.55. The molecular weight excluding hydrogens is 182 g/mol. The second kappa shape index (κ2) is 3.05. The van der Waals surface area contributed by atoms with Gasteiger partial charge in [0.1, 0.15) is 11.9 Å². The second-order valence-corrected chi connectivity index (χ2v) is 4.38. The number of aliphatic hydroxyl groups excluding tert-OH is 1. The monoisotopic (exact) mass is 197 g/mol. The van der Waals surface area contributed by atoms with Crippen molar-refractivity contribution in [2.75, 3.05) is 7.05 Å². The first-order valence-electron chi connectivity index (χ1n) is 5.03. The molecule has 1 heterocycles. The summed E-state index contributed by atoms with van der Waals surface area (Å²) in [6, 6.07) is 0. The summed E-state index contributed by atoms with van der Waals surface area (Å²) in [5.74, 6) is 0.0808. The van der Waals surface area contributed by atoms with Crippen molar-refractivity contribution in [1.29, 1.82) is 0 Å². The molecule has 4 heteroatoms. The number of amides is 1. The number of likely N-dealkylation sites (tertiary alicyclic amines) is 1. The fourth-order valence-corrected chi connectivity index (χ4v) is 2.58. The molecule has 2 aliphatic rings. The quantitative estimate of drug-likeness (QED) is 0.599. The molecule has 1 atom stereocenters. The normalized spacial score (nSPS) is 31.6. The molecule has 1 saturated carbocycles. The van der Waals surface area contributed by atoms with Crippen LogP contribution >= 0.6 is 0 Å². The number of rotatable bonds is 0. The Hall–Kier alpha value is -0.900. The Bertz CT molecular complexity index is 277. The van der Waals surface area contributed by atoms with E-state index in [9.17, 15) is 14.7 Å². The van der Waals surface area contributed by atoms with Crippen molar-refractivity contribution < 1.29 is 14.7 Å². The fourth-order valence-electron chi connectivity index (χ4n) is 2.58. The van der Waals surface area contributed by atoms with Crippen molar-refractivity contribution in [2.45, 2.75) is 43.7 Å². The molecule has 1 saturated heterocycles. The third-order valence-electron chi connectivity index (χ3n) is 3.64. The van der Waals surface area contributed by atoms with Crippen molar-refractivity contribution in [1.82, 2.24) is 4.90 Å². The van der Waals surface area contributed by atoms with Gasteiger partial charge in [-0.15, -0.1) is 0 Å². The molecule has 78 valence electrons. The zero-order valence-electron chi connectivity index (χ0n) is 8.32. The van der Waals surface area contributed by atoms with E-state index in [-0.39, 0.29) is 17.2 Å². The molecule has 1 aliphatic heterocycles. The Morgan fingerprint density at radius 1 is 1.36 bits per heavy atom. The van der Waals surface area contributed by atoms with E-state index in [1.165, 1.54) is 0 Å². The Morgan fingerprint density at radius 3 is 2.36 bits per heavy atom. The number of nitrogens with zero attached hydrogens (tertiary/aromatic N) is 1. The molecule has 14 heavy (non-hydrogen) atoms. The van der Waals surface area contributed by atoms with Crippen LogP contribution in [-0.2, 0) is 9.59 Å². The minimum Gasteiger partial charge on any atom is -0.383 e.